The Bertz CT molecular complexity index is 147. The topological polar surface area (TPSA) is 63.6 Å². The van der Waals surface area contributed by atoms with Crippen LogP contribution in [0, 0.1) is 0 Å². The predicted octanol–water partition coefficient (Wildman–Crippen LogP) is 0.755. The fraction of sp³-hybridized carbons (Fsp3) is 0.750. The normalized spacial score (nSPS) is 16.3. The minimum Gasteiger partial charge on any atom is -0.392 e. The molecule has 0 aliphatic carbocycles. The third-order valence-electron chi connectivity index (χ3n) is 0.560. The molecule has 0 aliphatic heterocycles. The third kappa shape index (κ3) is 5.53. The average molecular weight is 152 g/mol. The zero-order valence-corrected chi connectivity index (χ0v) is 6.22. The van der Waals surface area contributed by atoms with Crippen LogP contribution in [0.3, 0.4) is 0 Å². The van der Waals surface area contributed by atoms with Gasteiger partial charge in [-0.05, 0) is 0 Å². The van der Waals surface area contributed by atoms with Crippen LogP contribution in [0.2, 0.25) is 0 Å². The number of carbonyl (C=O) groups is 1. The van der Waals surface area contributed by atoms with Crippen LogP contribution in [0.1, 0.15) is 13.3 Å². The van der Waals surface area contributed by atoms with E-state index in [-0.39, 0.29) is 6.42 Å². The maximum absolute atomic E-state index is 10.3. The Labute approximate surface area is 53.4 Å². The molecule has 0 aromatic heterocycles. The summed E-state index contributed by atoms with van der Waals surface area (Å²) in [6.45, 7) is 2.53. The van der Waals surface area contributed by atoms with Gasteiger partial charge in [-0.1, -0.05) is 6.92 Å². The summed E-state index contributed by atoms with van der Waals surface area (Å²) >= 11 is 0. The van der Waals surface area contributed by atoms with Crippen molar-refractivity contribution in [3.8, 4) is 0 Å². The van der Waals surface area contributed by atoms with Crippen LogP contribution in [-0.4, -0.2) is 17.5 Å². The molecule has 1 atom stereocenters. The monoisotopic (exact) mass is 152 g/mol. The smallest absolute Gasteiger partial charge is 0.375 e. The highest BCUT2D eigenvalue weighted by Crippen LogP contribution is 2.36. The van der Waals surface area contributed by atoms with E-state index in [0.29, 0.717) is 0 Å². The van der Waals surface area contributed by atoms with Gasteiger partial charge in [0, 0.05) is 13.1 Å². The van der Waals surface area contributed by atoms with Crippen molar-refractivity contribution in [1.82, 2.24) is 0 Å². The van der Waals surface area contributed by atoms with E-state index in [9.17, 15) is 9.36 Å². The number of hydrogen-bond donors (Lipinski definition) is 1. The molecule has 4 nitrogen and oxygen atoms in total. The van der Waals surface area contributed by atoms with Gasteiger partial charge >= 0.3 is 13.6 Å². The van der Waals surface area contributed by atoms with E-state index >= 15 is 0 Å². The van der Waals surface area contributed by atoms with Gasteiger partial charge in [-0.25, -0.2) is 4.57 Å². The van der Waals surface area contributed by atoms with E-state index < -0.39 is 13.6 Å². The number of carbonyl (C=O) groups excluding carboxylic acids is 1. The number of hydrogen-bond acceptors (Lipinski definition) is 3. The Hall–Kier alpha value is -0.340. The molecule has 0 aromatic rings. The lowest BCUT2D eigenvalue weighted by Gasteiger charge is -2.03. The molecule has 0 rings (SSSR count). The van der Waals surface area contributed by atoms with E-state index in [2.05, 4.69) is 4.52 Å². The van der Waals surface area contributed by atoms with Gasteiger partial charge in [-0.3, -0.25) is 4.79 Å². The van der Waals surface area contributed by atoms with Crippen LogP contribution in [-0.2, 0) is 13.9 Å². The fourth-order valence-electron chi connectivity index (χ4n) is 0.253. The Balaban J connectivity index is 3.75. The summed E-state index contributed by atoms with van der Waals surface area (Å²) in [5.74, 6) is -0.650. The molecule has 0 fully saturated rings. The molecule has 0 aromatic carbocycles. The van der Waals surface area contributed by atoms with Crippen molar-refractivity contribution in [2.75, 3.05) is 6.66 Å². The van der Waals surface area contributed by atoms with Crippen molar-refractivity contribution < 1.29 is 18.8 Å². The minimum atomic E-state index is -3.59. The molecular weight excluding hydrogens is 143 g/mol. The van der Waals surface area contributed by atoms with E-state index in [1.807, 2.05) is 0 Å². The fourth-order valence-corrected chi connectivity index (χ4v) is 0.760. The standard InChI is InChI=1S/C4H9O4P/c1-3-4(5)8-9(2,6)7/h3H2,1-2H3,(H,6,7). The van der Waals surface area contributed by atoms with E-state index in [4.69, 9.17) is 4.89 Å². The average Bonchev–Trinajstić information content (AvgIpc) is 1.62. The van der Waals surface area contributed by atoms with Crippen LogP contribution >= 0.6 is 7.60 Å². The largest absolute Gasteiger partial charge is 0.392 e. The van der Waals surface area contributed by atoms with E-state index in [1.165, 1.54) is 0 Å². The van der Waals surface area contributed by atoms with Crippen molar-refractivity contribution in [2.24, 2.45) is 0 Å². The highest BCUT2D eigenvalue weighted by Gasteiger charge is 2.14. The van der Waals surface area contributed by atoms with Crippen LogP contribution in [0.4, 0.5) is 0 Å². The first-order valence-corrected chi connectivity index (χ1v) is 4.51. The minimum absolute atomic E-state index is 0.123. The van der Waals surface area contributed by atoms with Gasteiger partial charge in [-0.15, -0.1) is 0 Å². The van der Waals surface area contributed by atoms with Crippen LogP contribution in [0.5, 0.6) is 0 Å². The summed E-state index contributed by atoms with van der Waals surface area (Å²) in [6, 6.07) is 0. The number of rotatable bonds is 2. The van der Waals surface area contributed by atoms with Gasteiger partial charge in [0.2, 0.25) is 0 Å². The highest BCUT2D eigenvalue weighted by molar-refractivity contribution is 7.52. The summed E-state index contributed by atoms with van der Waals surface area (Å²) in [5, 5.41) is 0. The van der Waals surface area contributed by atoms with Gasteiger partial charge in [0.15, 0.2) is 0 Å². The summed E-state index contributed by atoms with van der Waals surface area (Å²) < 4.78 is 14.4. The summed E-state index contributed by atoms with van der Waals surface area (Å²) in [7, 11) is -3.59. The van der Waals surface area contributed by atoms with Crippen molar-refractivity contribution in [3.05, 3.63) is 0 Å². The van der Waals surface area contributed by atoms with Crippen molar-refractivity contribution in [1.29, 1.82) is 0 Å². The lowest BCUT2D eigenvalue weighted by molar-refractivity contribution is -0.134. The van der Waals surface area contributed by atoms with Gasteiger partial charge in [-0.2, -0.15) is 0 Å². The van der Waals surface area contributed by atoms with Crippen LogP contribution in [0.25, 0.3) is 0 Å². The molecule has 0 saturated carbocycles. The second-order valence-electron chi connectivity index (χ2n) is 1.62. The first-order chi connectivity index (χ1) is 3.95. The molecule has 1 unspecified atom stereocenters. The molecule has 0 heterocycles. The van der Waals surface area contributed by atoms with Gasteiger partial charge in [0.05, 0.1) is 0 Å². The summed E-state index contributed by atoms with van der Waals surface area (Å²) in [4.78, 5) is 18.7. The maximum Gasteiger partial charge on any atom is 0.375 e. The maximum atomic E-state index is 10.3. The SMILES string of the molecule is CCC(=O)OP(C)(=O)O. The van der Waals surface area contributed by atoms with Crippen molar-refractivity contribution in [2.45, 2.75) is 13.3 Å². The van der Waals surface area contributed by atoms with E-state index in [0.717, 1.165) is 6.66 Å². The van der Waals surface area contributed by atoms with Crippen molar-refractivity contribution >= 4 is 13.6 Å². The quantitative estimate of drug-likeness (QED) is 0.593. The molecular formula is C4H9O4P. The van der Waals surface area contributed by atoms with Crippen molar-refractivity contribution in [3.63, 3.8) is 0 Å². The first-order valence-electron chi connectivity index (χ1n) is 2.48. The molecule has 0 aliphatic rings. The molecule has 54 valence electrons. The Kier molecular flexibility index (Phi) is 2.88. The molecule has 9 heavy (non-hydrogen) atoms. The van der Waals surface area contributed by atoms with E-state index in [1.54, 1.807) is 6.92 Å². The zero-order valence-electron chi connectivity index (χ0n) is 5.33. The molecule has 0 bridgehead atoms. The molecule has 0 amide bonds. The third-order valence-corrected chi connectivity index (χ3v) is 1.10. The lowest BCUT2D eigenvalue weighted by Crippen LogP contribution is -1.98. The van der Waals surface area contributed by atoms with Gasteiger partial charge in [0.1, 0.15) is 0 Å². The zero-order chi connectivity index (χ0) is 7.49. The first kappa shape index (κ1) is 8.66. The molecule has 0 saturated heterocycles. The second-order valence-corrected chi connectivity index (χ2v) is 3.41. The Morgan fingerprint density at radius 2 is 2.22 bits per heavy atom. The van der Waals surface area contributed by atoms with Crippen LogP contribution in [0.15, 0.2) is 0 Å². The summed E-state index contributed by atoms with van der Waals surface area (Å²) in [6.07, 6.45) is 0.123. The van der Waals surface area contributed by atoms with Gasteiger partial charge in [0.25, 0.3) is 0 Å². The van der Waals surface area contributed by atoms with Crippen LogP contribution < -0.4 is 0 Å². The molecule has 5 heteroatoms. The van der Waals surface area contributed by atoms with Gasteiger partial charge < -0.3 is 9.42 Å². The Morgan fingerprint density at radius 3 is 2.33 bits per heavy atom. The molecule has 1 N–H and O–H groups in total. The highest BCUT2D eigenvalue weighted by atomic mass is 31.2. The molecule has 0 radical (unpaired) electrons. The second kappa shape index (κ2) is 2.99. The summed E-state index contributed by atoms with van der Waals surface area (Å²) in [5.41, 5.74) is 0. The predicted molar refractivity (Wildman–Crippen MR) is 32.1 cm³/mol. The lowest BCUT2D eigenvalue weighted by atomic mass is 10.5. The Morgan fingerprint density at radius 1 is 1.78 bits per heavy atom. The molecule has 0 spiro atoms.